The molecule has 0 rings (SSSR count). The molecule has 0 aromatic heterocycles. The lowest BCUT2D eigenvalue weighted by Crippen LogP contribution is -2.42. The second kappa shape index (κ2) is 6.17. The summed E-state index contributed by atoms with van der Waals surface area (Å²) in [4.78, 5) is 32.8. The van der Waals surface area contributed by atoms with Crippen molar-refractivity contribution < 1.29 is 29.7 Å². The highest BCUT2D eigenvalue weighted by Crippen LogP contribution is 2.50. The second-order valence-electron chi connectivity index (χ2n) is 3.30. The van der Waals surface area contributed by atoms with Gasteiger partial charge < -0.3 is 15.3 Å². The van der Waals surface area contributed by atoms with Gasteiger partial charge in [0.2, 0.25) is 0 Å². The number of hydrogen-bond donors (Lipinski definition) is 3. The van der Waals surface area contributed by atoms with Crippen LogP contribution >= 0.6 is 46.4 Å². The number of aliphatic carboxylic acids is 3. The van der Waals surface area contributed by atoms with Gasteiger partial charge in [0.25, 0.3) is 0 Å². The summed E-state index contributed by atoms with van der Waals surface area (Å²) in [6.07, 6.45) is -0.160. The van der Waals surface area contributed by atoms with Crippen molar-refractivity contribution in [3.05, 3.63) is 11.1 Å². The monoisotopic (exact) mass is 352 g/mol. The molecule has 0 unspecified atom stereocenters. The van der Waals surface area contributed by atoms with Crippen molar-refractivity contribution in [3.8, 4) is 0 Å². The lowest BCUT2D eigenvalue weighted by Gasteiger charge is -2.32. The molecule has 6 nitrogen and oxygen atoms in total. The van der Waals surface area contributed by atoms with Crippen LogP contribution in [0.15, 0.2) is 11.1 Å². The van der Waals surface area contributed by atoms with Gasteiger partial charge in [-0.2, -0.15) is 0 Å². The van der Waals surface area contributed by atoms with Gasteiger partial charge in [0.15, 0.2) is 14.2 Å². The first-order chi connectivity index (χ1) is 8.40. The van der Waals surface area contributed by atoms with E-state index in [0.717, 1.165) is 0 Å². The predicted octanol–water partition coefficient (Wildman–Crippen LogP) is 2.29. The molecule has 0 atom stereocenters. The van der Waals surface area contributed by atoms with E-state index in [1.54, 1.807) is 0 Å². The molecule has 19 heavy (non-hydrogen) atoms. The van der Waals surface area contributed by atoms with Crippen molar-refractivity contribution in [2.45, 2.75) is 22.0 Å². The molecule has 0 aliphatic carbocycles. The van der Waals surface area contributed by atoms with Gasteiger partial charge in [-0.1, -0.05) is 53.3 Å². The Hall–Kier alpha value is -0.690. The minimum absolute atomic E-state index is 0.160. The van der Waals surface area contributed by atoms with Crippen LogP contribution in [0.2, 0.25) is 0 Å². The van der Waals surface area contributed by atoms with Crippen molar-refractivity contribution in [3.63, 3.8) is 0 Å². The largest absolute Gasteiger partial charge is 0.478 e. The van der Waals surface area contributed by atoms with E-state index in [1.165, 1.54) is 6.92 Å². The number of alkyl halides is 4. The molecule has 3 N–H and O–H groups in total. The zero-order valence-corrected chi connectivity index (χ0v) is 12.3. The Morgan fingerprint density at radius 1 is 0.895 bits per heavy atom. The van der Waals surface area contributed by atoms with Crippen molar-refractivity contribution >= 4 is 64.3 Å². The van der Waals surface area contributed by atoms with Gasteiger partial charge in [-0.15, -0.1) is 0 Å². The molecule has 0 saturated heterocycles. The molecule has 108 valence electrons. The van der Waals surface area contributed by atoms with Gasteiger partial charge in [0.05, 0.1) is 5.57 Å². The summed E-state index contributed by atoms with van der Waals surface area (Å²) in [5.41, 5.74) is -2.83. The third kappa shape index (κ3) is 3.66. The molecular weight excluding hydrogens is 346 g/mol. The summed E-state index contributed by atoms with van der Waals surface area (Å²) in [5, 5.41) is 26.5. The fraction of sp³-hybridized carbons (Fsp3) is 0.444. The average Bonchev–Trinajstić information content (AvgIpc) is 2.23. The summed E-state index contributed by atoms with van der Waals surface area (Å²) < 4.78 is -4.73. The molecular formula is C9H8Cl4O6. The first kappa shape index (κ1) is 18.3. The van der Waals surface area contributed by atoms with E-state index in [0.29, 0.717) is 0 Å². The number of halogens is 4. The van der Waals surface area contributed by atoms with Crippen LogP contribution in [0.1, 0.15) is 13.3 Å². The van der Waals surface area contributed by atoms with Crippen LogP contribution < -0.4 is 0 Å². The van der Waals surface area contributed by atoms with E-state index < -0.39 is 37.7 Å². The highest BCUT2D eigenvalue weighted by atomic mass is 35.5. The Labute approximate surface area is 127 Å². The molecule has 0 bridgehead atoms. The van der Waals surface area contributed by atoms with Crippen LogP contribution in [0.5, 0.6) is 0 Å². The topological polar surface area (TPSA) is 112 Å². The van der Waals surface area contributed by atoms with Crippen molar-refractivity contribution in [2.75, 3.05) is 0 Å². The number of rotatable bonds is 6. The maximum atomic E-state index is 11.1. The first-order valence-electron chi connectivity index (χ1n) is 4.60. The van der Waals surface area contributed by atoms with Crippen LogP contribution in [0.4, 0.5) is 0 Å². The van der Waals surface area contributed by atoms with Gasteiger partial charge in [-0.25, -0.2) is 14.4 Å². The summed E-state index contributed by atoms with van der Waals surface area (Å²) in [7, 11) is 0. The van der Waals surface area contributed by atoms with E-state index in [1.807, 2.05) is 0 Å². The van der Waals surface area contributed by atoms with Gasteiger partial charge in [-0.05, 0) is 6.42 Å². The summed E-state index contributed by atoms with van der Waals surface area (Å²) >= 11 is 22.9. The third-order valence-electron chi connectivity index (χ3n) is 2.11. The van der Waals surface area contributed by atoms with Crippen LogP contribution in [0, 0.1) is 0 Å². The maximum Gasteiger partial charge on any atom is 0.343 e. The highest BCUT2D eigenvalue weighted by molar-refractivity contribution is 6.65. The maximum absolute atomic E-state index is 11.1. The van der Waals surface area contributed by atoms with Gasteiger partial charge in [0, 0.05) is 0 Å². The summed E-state index contributed by atoms with van der Waals surface area (Å²) in [6.45, 7) is 1.40. The van der Waals surface area contributed by atoms with E-state index in [-0.39, 0.29) is 6.42 Å². The lowest BCUT2D eigenvalue weighted by atomic mass is 10.0. The molecule has 0 aliphatic heterocycles. The molecule has 0 amide bonds. The Balaban J connectivity index is 6.39. The first-order valence-corrected chi connectivity index (χ1v) is 6.11. The Morgan fingerprint density at radius 2 is 1.26 bits per heavy atom. The van der Waals surface area contributed by atoms with Gasteiger partial charge >= 0.3 is 17.9 Å². The molecule has 0 saturated carbocycles. The van der Waals surface area contributed by atoms with E-state index in [2.05, 4.69) is 0 Å². The third-order valence-corrected chi connectivity index (χ3v) is 4.62. The normalized spacial score (nSPS) is 11.8. The average molecular weight is 354 g/mol. The van der Waals surface area contributed by atoms with E-state index >= 15 is 0 Å². The number of hydrogen-bond acceptors (Lipinski definition) is 3. The summed E-state index contributed by atoms with van der Waals surface area (Å²) in [5.74, 6) is -6.02. The minimum atomic E-state index is -2.64. The number of carboxylic acid groups (broad SMARTS) is 3. The molecule has 0 spiro atoms. The fourth-order valence-corrected chi connectivity index (χ4v) is 1.92. The molecule has 0 heterocycles. The highest BCUT2D eigenvalue weighted by Gasteiger charge is 2.54. The lowest BCUT2D eigenvalue weighted by molar-refractivity contribution is -0.142. The molecule has 0 aromatic rings. The summed E-state index contributed by atoms with van der Waals surface area (Å²) in [6, 6.07) is 0. The molecule has 0 radical (unpaired) electrons. The molecule has 10 heteroatoms. The van der Waals surface area contributed by atoms with Crippen LogP contribution in [0.25, 0.3) is 0 Å². The van der Waals surface area contributed by atoms with E-state index in [4.69, 9.17) is 61.7 Å². The molecule has 0 aromatic carbocycles. The molecule has 0 fully saturated rings. The Kier molecular flexibility index (Phi) is 5.95. The number of carbonyl (C=O) groups is 3. The van der Waals surface area contributed by atoms with E-state index in [9.17, 15) is 14.4 Å². The minimum Gasteiger partial charge on any atom is -0.478 e. The van der Waals surface area contributed by atoms with Crippen molar-refractivity contribution in [1.82, 2.24) is 0 Å². The van der Waals surface area contributed by atoms with Gasteiger partial charge in [-0.3, -0.25) is 0 Å². The van der Waals surface area contributed by atoms with Crippen LogP contribution in [-0.2, 0) is 14.4 Å². The van der Waals surface area contributed by atoms with Gasteiger partial charge in [0.1, 0.15) is 0 Å². The van der Waals surface area contributed by atoms with Crippen molar-refractivity contribution in [1.29, 1.82) is 0 Å². The standard InChI is InChI=1S/C9H8Cl4O6/c1-2-8(10,11)9(12,13)4(7(18)19)3(5(14)15)6(16)17/h2H2,1H3,(H,14,15)(H,16,17)(H,18,19). The smallest absolute Gasteiger partial charge is 0.343 e. The number of carboxylic acids is 3. The quantitative estimate of drug-likeness (QED) is 0.292. The van der Waals surface area contributed by atoms with Crippen molar-refractivity contribution in [2.24, 2.45) is 0 Å². The Morgan fingerprint density at radius 3 is 1.47 bits per heavy atom. The Bertz CT molecular complexity index is 438. The SMILES string of the molecule is CCC(Cl)(Cl)C(Cl)(Cl)C(C(=O)O)=C(C(=O)O)C(=O)O. The van der Waals surface area contributed by atoms with Crippen LogP contribution in [0.3, 0.4) is 0 Å². The van der Waals surface area contributed by atoms with Crippen LogP contribution in [-0.4, -0.2) is 41.9 Å². The second-order valence-corrected chi connectivity index (χ2v) is 6.11. The zero-order valence-electron chi connectivity index (χ0n) is 9.29. The zero-order chi connectivity index (χ0) is 15.6. The molecule has 0 aliphatic rings. The predicted molar refractivity (Wildman–Crippen MR) is 69.1 cm³/mol. The fourth-order valence-electron chi connectivity index (χ4n) is 1.11.